The zero-order chi connectivity index (χ0) is 17.9. The summed E-state index contributed by atoms with van der Waals surface area (Å²) in [5.74, 6) is 1.69. The second-order valence-electron chi connectivity index (χ2n) is 6.76. The van der Waals surface area contributed by atoms with Crippen LogP contribution in [0.15, 0.2) is 42.5 Å². The van der Waals surface area contributed by atoms with E-state index < -0.39 is 0 Å². The summed E-state index contributed by atoms with van der Waals surface area (Å²) in [6, 6.07) is 14.1. The summed E-state index contributed by atoms with van der Waals surface area (Å²) in [6.07, 6.45) is 4.25. The lowest BCUT2D eigenvalue weighted by atomic mass is 10.0. The number of ether oxygens (including phenoxy) is 1. The molecule has 134 valence electrons. The molecular formula is C21H23N3O2. The third kappa shape index (κ3) is 3.29. The van der Waals surface area contributed by atoms with Crippen molar-refractivity contribution < 1.29 is 9.53 Å². The van der Waals surface area contributed by atoms with Crippen LogP contribution in [0.25, 0.3) is 22.0 Å². The lowest BCUT2D eigenvalue weighted by Crippen LogP contribution is -2.20. The van der Waals surface area contributed by atoms with Gasteiger partial charge in [0.15, 0.2) is 5.82 Å². The minimum Gasteiger partial charge on any atom is -0.494 e. The maximum absolute atomic E-state index is 12.4. The van der Waals surface area contributed by atoms with Crippen molar-refractivity contribution in [2.75, 3.05) is 11.9 Å². The summed E-state index contributed by atoms with van der Waals surface area (Å²) in [6.45, 7) is 2.62. The number of amides is 1. The minimum absolute atomic E-state index is 0.0874. The van der Waals surface area contributed by atoms with Gasteiger partial charge in [0.2, 0.25) is 5.91 Å². The van der Waals surface area contributed by atoms with Crippen LogP contribution in [0.5, 0.6) is 5.75 Å². The smallest absolute Gasteiger partial charge is 0.228 e. The molecule has 0 saturated heterocycles. The Hall–Kier alpha value is -2.82. The van der Waals surface area contributed by atoms with E-state index in [2.05, 4.69) is 27.6 Å². The maximum atomic E-state index is 12.4. The molecule has 0 bridgehead atoms. The molecule has 1 heterocycles. The molecule has 5 nitrogen and oxygen atoms in total. The van der Waals surface area contributed by atoms with Gasteiger partial charge in [0, 0.05) is 11.3 Å². The van der Waals surface area contributed by atoms with Gasteiger partial charge in [-0.15, -0.1) is 0 Å². The van der Waals surface area contributed by atoms with Crippen LogP contribution in [0.3, 0.4) is 0 Å². The molecule has 1 aliphatic rings. The number of nitrogens with zero attached hydrogens (tertiary/aromatic N) is 1. The molecule has 5 heteroatoms. The summed E-state index contributed by atoms with van der Waals surface area (Å²) in [5.41, 5.74) is 3.08. The molecule has 1 amide bonds. The van der Waals surface area contributed by atoms with Gasteiger partial charge >= 0.3 is 0 Å². The van der Waals surface area contributed by atoms with E-state index in [1.807, 2.05) is 37.3 Å². The van der Waals surface area contributed by atoms with E-state index in [4.69, 9.17) is 4.74 Å². The van der Waals surface area contributed by atoms with Crippen LogP contribution in [0.1, 0.15) is 32.6 Å². The van der Waals surface area contributed by atoms with Crippen LogP contribution in [-0.2, 0) is 4.79 Å². The van der Waals surface area contributed by atoms with Gasteiger partial charge < -0.3 is 10.1 Å². The third-order valence-corrected chi connectivity index (χ3v) is 5.01. The Labute approximate surface area is 152 Å². The van der Waals surface area contributed by atoms with Gasteiger partial charge in [0.25, 0.3) is 0 Å². The Bertz CT molecular complexity index is 926. The van der Waals surface area contributed by atoms with Gasteiger partial charge in [-0.3, -0.25) is 9.89 Å². The molecule has 26 heavy (non-hydrogen) atoms. The average Bonchev–Trinajstić information content (AvgIpc) is 3.32. The number of carbonyl (C=O) groups is 1. The SMILES string of the molecule is CCOc1cccc(-c2ccc3c(NC(=O)C4CCCC4)n[nH]c3c2)c1. The van der Waals surface area contributed by atoms with E-state index in [9.17, 15) is 4.79 Å². The van der Waals surface area contributed by atoms with Crippen molar-refractivity contribution in [3.63, 3.8) is 0 Å². The van der Waals surface area contributed by atoms with Crippen molar-refractivity contribution in [3.05, 3.63) is 42.5 Å². The Morgan fingerprint density at radius 3 is 2.81 bits per heavy atom. The third-order valence-electron chi connectivity index (χ3n) is 5.01. The van der Waals surface area contributed by atoms with Crippen LogP contribution in [0, 0.1) is 5.92 Å². The van der Waals surface area contributed by atoms with Gasteiger partial charge in [-0.1, -0.05) is 31.0 Å². The quantitative estimate of drug-likeness (QED) is 0.698. The van der Waals surface area contributed by atoms with E-state index in [0.29, 0.717) is 12.4 Å². The number of hydrogen-bond donors (Lipinski definition) is 2. The van der Waals surface area contributed by atoms with Gasteiger partial charge in [-0.25, -0.2) is 0 Å². The fourth-order valence-electron chi connectivity index (χ4n) is 3.63. The highest BCUT2D eigenvalue weighted by molar-refractivity contribution is 6.01. The standard InChI is InChI=1S/C21H23N3O2/c1-2-26-17-9-5-8-15(12-17)16-10-11-18-19(13-16)23-24-20(18)22-21(25)14-6-3-4-7-14/h5,8-14H,2-4,6-7H2,1H3,(H2,22,23,24,25). The normalized spacial score (nSPS) is 14.7. The van der Waals surface area contributed by atoms with Gasteiger partial charge in [0.05, 0.1) is 12.1 Å². The number of aromatic nitrogens is 2. The molecule has 1 fully saturated rings. The lowest BCUT2D eigenvalue weighted by molar-refractivity contribution is -0.119. The highest BCUT2D eigenvalue weighted by atomic mass is 16.5. The maximum Gasteiger partial charge on any atom is 0.228 e. The molecule has 2 aromatic carbocycles. The molecular weight excluding hydrogens is 326 g/mol. The molecule has 0 atom stereocenters. The zero-order valence-electron chi connectivity index (χ0n) is 14.9. The van der Waals surface area contributed by atoms with Crippen molar-refractivity contribution in [1.82, 2.24) is 10.2 Å². The summed E-state index contributed by atoms with van der Waals surface area (Å²) in [4.78, 5) is 12.4. The lowest BCUT2D eigenvalue weighted by Gasteiger charge is -2.09. The molecule has 3 aromatic rings. The second kappa shape index (κ2) is 7.20. The molecule has 0 radical (unpaired) electrons. The van der Waals surface area contributed by atoms with Gasteiger partial charge in [-0.05, 0) is 55.2 Å². The molecule has 1 aliphatic carbocycles. The number of H-pyrrole nitrogens is 1. The molecule has 0 aliphatic heterocycles. The molecule has 2 N–H and O–H groups in total. The number of carbonyl (C=O) groups excluding carboxylic acids is 1. The Kier molecular flexibility index (Phi) is 4.61. The number of rotatable bonds is 5. The summed E-state index contributed by atoms with van der Waals surface area (Å²) < 4.78 is 5.58. The summed E-state index contributed by atoms with van der Waals surface area (Å²) in [5, 5.41) is 11.3. The van der Waals surface area contributed by atoms with E-state index in [1.54, 1.807) is 0 Å². The number of fused-ring (bicyclic) bond motifs is 1. The first-order valence-corrected chi connectivity index (χ1v) is 9.27. The van der Waals surface area contributed by atoms with E-state index in [-0.39, 0.29) is 11.8 Å². The number of nitrogens with one attached hydrogen (secondary N) is 2. The van der Waals surface area contributed by atoms with Crippen molar-refractivity contribution in [3.8, 4) is 16.9 Å². The van der Waals surface area contributed by atoms with Crippen molar-refractivity contribution in [2.45, 2.75) is 32.6 Å². The van der Waals surface area contributed by atoms with Crippen LogP contribution >= 0.6 is 0 Å². The van der Waals surface area contributed by atoms with Crippen LogP contribution in [-0.4, -0.2) is 22.7 Å². The molecule has 0 unspecified atom stereocenters. The Morgan fingerprint density at radius 2 is 2.00 bits per heavy atom. The number of hydrogen-bond acceptors (Lipinski definition) is 3. The summed E-state index contributed by atoms with van der Waals surface area (Å²) >= 11 is 0. The van der Waals surface area contributed by atoms with Gasteiger partial charge in [0.1, 0.15) is 5.75 Å². The predicted octanol–water partition coefficient (Wildman–Crippen LogP) is 4.76. The molecule has 0 spiro atoms. The monoisotopic (exact) mass is 349 g/mol. The van der Waals surface area contributed by atoms with E-state index >= 15 is 0 Å². The predicted molar refractivity (Wildman–Crippen MR) is 103 cm³/mol. The van der Waals surface area contributed by atoms with Crippen LogP contribution < -0.4 is 10.1 Å². The van der Waals surface area contributed by atoms with Crippen LogP contribution in [0.2, 0.25) is 0 Å². The number of benzene rings is 2. The first kappa shape index (κ1) is 16.6. The highest BCUT2D eigenvalue weighted by Gasteiger charge is 2.23. The molecule has 1 saturated carbocycles. The second-order valence-corrected chi connectivity index (χ2v) is 6.76. The minimum atomic E-state index is 0.0874. The van der Waals surface area contributed by atoms with Crippen molar-refractivity contribution in [2.24, 2.45) is 5.92 Å². The zero-order valence-corrected chi connectivity index (χ0v) is 14.9. The first-order valence-electron chi connectivity index (χ1n) is 9.27. The fraction of sp³-hybridized carbons (Fsp3) is 0.333. The number of anilines is 1. The topological polar surface area (TPSA) is 67.0 Å². The average molecular weight is 349 g/mol. The highest BCUT2D eigenvalue weighted by Crippen LogP contribution is 2.30. The molecule has 4 rings (SSSR count). The van der Waals surface area contributed by atoms with Crippen molar-refractivity contribution >= 4 is 22.6 Å². The first-order chi connectivity index (χ1) is 12.7. The Balaban J connectivity index is 1.59. The van der Waals surface area contributed by atoms with Gasteiger partial charge in [-0.2, -0.15) is 5.10 Å². The largest absolute Gasteiger partial charge is 0.494 e. The van der Waals surface area contributed by atoms with Crippen LogP contribution in [0.4, 0.5) is 5.82 Å². The van der Waals surface area contributed by atoms with E-state index in [1.165, 1.54) is 0 Å². The fourth-order valence-corrected chi connectivity index (χ4v) is 3.63. The van der Waals surface area contributed by atoms with Crippen molar-refractivity contribution in [1.29, 1.82) is 0 Å². The molecule has 1 aromatic heterocycles. The number of aromatic amines is 1. The van der Waals surface area contributed by atoms with E-state index in [0.717, 1.165) is 53.5 Å². The summed E-state index contributed by atoms with van der Waals surface area (Å²) in [7, 11) is 0. The Morgan fingerprint density at radius 1 is 1.19 bits per heavy atom.